The van der Waals surface area contributed by atoms with E-state index >= 15 is 0 Å². The topological polar surface area (TPSA) is 0 Å². The zero-order valence-electron chi connectivity index (χ0n) is 2.27. The molecule has 0 fully saturated rings. The van der Waals surface area contributed by atoms with Gasteiger partial charge in [0.15, 0.2) is 0 Å². The van der Waals surface area contributed by atoms with Crippen LogP contribution in [0.3, 0.4) is 0 Å². The smallest absolute Gasteiger partial charge is 0 e. The normalized spacial score (nSPS) is 0. The quantitative estimate of drug-likeness (QED) is 0.214. The van der Waals surface area contributed by atoms with Crippen molar-refractivity contribution in [2.75, 3.05) is 0 Å². The molecule has 0 aliphatic heterocycles. The average molecular weight is 821 g/mol. The van der Waals surface area contributed by atoms with E-state index in [0.717, 1.165) is 0 Å². The Hall–Kier alpha value is 4.31. The minimum atomic E-state index is 0. The molecule has 0 bridgehead atoms. The van der Waals surface area contributed by atoms with Crippen LogP contribution in [0.25, 0.3) is 0 Å². The molecule has 0 nitrogen and oxygen atoms in total. The van der Waals surface area contributed by atoms with Crippen LogP contribution < -0.4 is 120 Å². The van der Waals surface area contributed by atoms with Gasteiger partial charge in [0.1, 0.15) is 0 Å². The molecule has 0 aromatic rings. The summed E-state index contributed by atoms with van der Waals surface area (Å²) in [6.07, 6.45) is 0. The molecule has 0 aliphatic rings. The zero-order chi connectivity index (χ0) is 0. The van der Waals surface area contributed by atoms with E-state index in [1.165, 1.54) is 0 Å². The van der Waals surface area contributed by atoms with E-state index in [1.807, 2.05) is 0 Å². The third-order valence-electron chi connectivity index (χ3n) is 0. The van der Waals surface area contributed by atoms with Crippen LogP contribution in [-0.2, 0) is 20.4 Å². The van der Waals surface area contributed by atoms with Crippen molar-refractivity contribution in [3.8, 4) is 0 Å². The molecule has 0 N–H and O–H groups in total. The van der Waals surface area contributed by atoms with Gasteiger partial charge in [0.05, 0.1) is 0 Å². The van der Waals surface area contributed by atoms with Gasteiger partial charge in [-0.15, -0.1) is 0 Å². The maximum absolute atomic E-state index is 0. The second-order valence-electron chi connectivity index (χ2n) is 0. The molecule has 0 heterocycles. The van der Waals surface area contributed by atoms with Crippen molar-refractivity contribution in [3.63, 3.8) is 0 Å². The van der Waals surface area contributed by atoms with Gasteiger partial charge in [-0.3, -0.25) is 0 Å². The van der Waals surface area contributed by atoms with Crippen molar-refractivity contribution in [3.05, 3.63) is 0 Å². The van der Waals surface area contributed by atoms with E-state index in [0.29, 0.717) is 0 Å². The van der Waals surface area contributed by atoms with Crippen LogP contribution >= 0.6 is 0 Å². The van der Waals surface area contributed by atoms with E-state index in [1.54, 1.807) is 0 Å². The van der Waals surface area contributed by atoms with Crippen molar-refractivity contribution >= 4 is 0 Å². The SMILES string of the molecule is [I-].[I-].[I-].[I-].[I-].[Re]. The van der Waals surface area contributed by atoms with Gasteiger partial charge in [-0.25, -0.2) is 0 Å². The van der Waals surface area contributed by atoms with Crippen LogP contribution in [0, 0.1) is 0 Å². The molecule has 0 spiro atoms. The van der Waals surface area contributed by atoms with Gasteiger partial charge in [-0.05, 0) is 0 Å². The van der Waals surface area contributed by atoms with Gasteiger partial charge in [0.2, 0.25) is 0 Å². The summed E-state index contributed by atoms with van der Waals surface area (Å²) in [7, 11) is 0. The van der Waals surface area contributed by atoms with Gasteiger partial charge < -0.3 is 120 Å². The van der Waals surface area contributed by atoms with Crippen LogP contribution in [0.5, 0.6) is 0 Å². The first-order valence-electron chi connectivity index (χ1n) is 0. The van der Waals surface area contributed by atoms with Crippen LogP contribution in [0.2, 0.25) is 0 Å². The maximum Gasteiger partial charge on any atom is 0 e. The molecule has 6 heteroatoms. The molecular weight excluding hydrogens is 821 g/mol. The molecule has 0 saturated heterocycles. The Morgan fingerprint density at radius 1 is 0.333 bits per heavy atom. The Morgan fingerprint density at radius 2 is 0.333 bits per heavy atom. The monoisotopic (exact) mass is 821 g/mol. The predicted octanol–water partition coefficient (Wildman–Crippen LogP) is -15.0. The second-order valence-corrected chi connectivity index (χ2v) is 0. The van der Waals surface area contributed by atoms with E-state index in [9.17, 15) is 0 Å². The minimum Gasteiger partial charge on any atom is -1.00 e. The van der Waals surface area contributed by atoms with Crippen LogP contribution in [-0.4, -0.2) is 0 Å². The van der Waals surface area contributed by atoms with E-state index < -0.39 is 0 Å². The van der Waals surface area contributed by atoms with Crippen molar-refractivity contribution < 1.29 is 140 Å². The molecule has 0 aromatic carbocycles. The van der Waals surface area contributed by atoms with E-state index in [4.69, 9.17) is 0 Å². The first kappa shape index (κ1) is 48.1. The molecule has 47 valence electrons. The summed E-state index contributed by atoms with van der Waals surface area (Å²) in [5, 5.41) is 0. The molecule has 0 rings (SSSR count). The summed E-state index contributed by atoms with van der Waals surface area (Å²) in [5.41, 5.74) is 0. The fraction of sp³-hybridized carbons (Fsp3) is 0. The van der Waals surface area contributed by atoms with Gasteiger partial charge in [-0.2, -0.15) is 0 Å². The second kappa shape index (κ2) is 34.6. The first-order valence-corrected chi connectivity index (χ1v) is 0. The summed E-state index contributed by atoms with van der Waals surface area (Å²) in [5.74, 6) is 0. The Kier molecular flexibility index (Phi) is 277. The van der Waals surface area contributed by atoms with E-state index in [2.05, 4.69) is 0 Å². The van der Waals surface area contributed by atoms with Crippen molar-refractivity contribution in [1.82, 2.24) is 0 Å². The Bertz CT molecular complexity index is 3.90. The number of halogens is 5. The van der Waals surface area contributed by atoms with Gasteiger partial charge in [0.25, 0.3) is 0 Å². The van der Waals surface area contributed by atoms with Crippen molar-refractivity contribution in [1.29, 1.82) is 0 Å². The molecule has 0 aliphatic carbocycles. The molecule has 0 unspecified atom stereocenters. The van der Waals surface area contributed by atoms with Crippen LogP contribution in [0.15, 0.2) is 0 Å². The molecule has 6 heavy (non-hydrogen) atoms. The number of hydrogen-bond acceptors (Lipinski definition) is 0. The summed E-state index contributed by atoms with van der Waals surface area (Å²) >= 11 is 0. The molecule has 1 radical (unpaired) electrons. The summed E-state index contributed by atoms with van der Waals surface area (Å²) in [4.78, 5) is 0. The third-order valence-corrected chi connectivity index (χ3v) is 0. The number of hydrogen-bond donors (Lipinski definition) is 0. The largest absolute Gasteiger partial charge is 1.00 e. The minimum absolute atomic E-state index is 0. The van der Waals surface area contributed by atoms with Gasteiger partial charge >= 0.3 is 0 Å². The fourth-order valence-electron chi connectivity index (χ4n) is 0. The number of rotatable bonds is 0. The fourth-order valence-corrected chi connectivity index (χ4v) is 0. The summed E-state index contributed by atoms with van der Waals surface area (Å²) in [6, 6.07) is 0. The molecule has 0 saturated carbocycles. The van der Waals surface area contributed by atoms with Crippen molar-refractivity contribution in [2.45, 2.75) is 0 Å². The third kappa shape index (κ3) is 23.9. The van der Waals surface area contributed by atoms with Gasteiger partial charge in [-0.1, -0.05) is 0 Å². The molecular formula is I5Re-5. The Balaban J connectivity index is 0. The Morgan fingerprint density at radius 3 is 0.333 bits per heavy atom. The first-order chi connectivity index (χ1) is 0. The molecule has 0 amide bonds. The van der Waals surface area contributed by atoms with Crippen molar-refractivity contribution in [2.24, 2.45) is 0 Å². The maximum atomic E-state index is 0. The zero-order valence-corrected chi connectivity index (χ0v) is 15.8. The predicted molar refractivity (Wildman–Crippen MR) is 0 cm³/mol. The van der Waals surface area contributed by atoms with E-state index in [-0.39, 0.29) is 140 Å². The average Bonchev–Trinajstić information content (AvgIpc) is 0. The molecule has 0 atom stereocenters. The summed E-state index contributed by atoms with van der Waals surface area (Å²) < 4.78 is 0. The van der Waals surface area contributed by atoms with Crippen LogP contribution in [0.1, 0.15) is 0 Å². The Labute approximate surface area is 137 Å². The summed E-state index contributed by atoms with van der Waals surface area (Å²) in [6.45, 7) is 0. The van der Waals surface area contributed by atoms with Gasteiger partial charge in [0, 0.05) is 20.4 Å². The van der Waals surface area contributed by atoms with Crippen LogP contribution in [0.4, 0.5) is 0 Å². The molecule has 0 aromatic heterocycles. The standard InChI is InChI=1S/5HI.Re/h5*1H;/p-5.